The lowest BCUT2D eigenvalue weighted by atomic mass is 10.2. The molecule has 0 aliphatic heterocycles. The highest BCUT2D eigenvalue weighted by atomic mass is 16.3. The monoisotopic (exact) mass is 236 g/mol. The van der Waals surface area contributed by atoms with Gasteiger partial charge in [-0.3, -0.25) is 4.90 Å². The summed E-state index contributed by atoms with van der Waals surface area (Å²) in [6.07, 6.45) is 1.47. The summed E-state index contributed by atoms with van der Waals surface area (Å²) < 4.78 is 0. The van der Waals surface area contributed by atoms with Crippen LogP contribution < -0.4 is 5.73 Å². The van der Waals surface area contributed by atoms with Gasteiger partial charge in [-0.1, -0.05) is 37.3 Å². The van der Waals surface area contributed by atoms with Crippen molar-refractivity contribution in [3.05, 3.63) is 35.9 Å². The molecule has 3 heteroatoms. The van der Waals surface area contributed by atoms with E-state index >= 15 is 0 Å². The average Bonchev–Trinajstić information content (AvgIpc) is 2.31. The first-order chi connectivity index (χ1) is 8.26. The molecule has 0 fully saturated rings. The summed E-state index contributed by atoms with van der Waals surface area (Å²) in [6.45, 7) is 5.33. The molecule has 0 heterocycles. The van der Waals surface area contributed by atoms with Crippen molar-refractivity contribution in [2.45, 2.75) is 32.4 Å². The van der Waals surface area contributed by atoms with Gasteiger partial charge in [0.25, 0.3) is 0 Å². The summed E-state index contributed by atoms with van der Waals surface area (Å²) in [5.41, 5.74) is 6.75. The molecule has 96 valence electrons. The highest BCUT2D eigenvalue weighted by Crippen LogP contribution is 2.06. The fourth-order valence-electron chi connectivity index (χ4n) is 1.97. The van der Waals surface area contributed by atoms with Crippen LogP contribution in [0.5, 0.6) is 0 Å². The maximum absolute atomic E-state index is 9.80. The minimum Gasteiger partial charge on any atom is -0.392 e. The molecular formula is C14H24N2O. The molecule has 0 aliphatic carbocycles. The predicted octanol–water partition coefficient (Wildman–Crippen LogP) is 1.61. The van der Waals surface area contributed by atoms with E-state index in [1.807, 2.05) is 6.07 Å². The van der Waals surface area contributed by atoms with Crippen LogP contribution >= 0.6 is 0 Å². The van der Waals surface area contributed by atoms with Crippen molar-refractivity contribution in [2.24, 2.45) is 5.73 Å². The molecule has 3 nitrogen and oxygen atoms in total. The fraction of sp³-hybridized carbons (Fsp3) is 0.571. The van der Waals surface area contributed by atoms with E-state index in [4.69, 9.17) is 5.73 Å². The SMILES string of the molecule is CCCN(Cc1ccccc1)CC(O)CCN. The van der Waals surface area contributed by atoms with E-state index < -0.39 is 0 Å². The fourth-order valence-corrected chi connectivity index (χ4v) is 1.97. The van der Waals surface area contributed by atoms with Gasteiger partial charge < -0.3 is 10.8 Å². The number of hydrogen-bond donors (Lipinski definition) is 2. The Labute approximate surface area is 104 Å². The van der Waals surface area contributed by atoms with Crippen molar-refractivity contribution in [3.63, 3.8) is 0 Å². The van der Waals surface area contributed by atoms with Gasteiger partial charge in [0.2, 0.25) is 0 Å². The summed E-state index contributed by atoms with van der Waals surface area (Å²) in [7, 11) is 0. The lowest BCUT2D eigenvalue weighted by Gasteiger charge is -2.24. The van der Waals surface area contributed by atoms with Crippen molar-refractivity contribution in [2.75, 3.05) is 19.6 Å². The minimum absolute atomic E-state index is 0.310. The zero-order chi connectivity index (χ0) is 12.5. The van der Waals surface area contributed by atoms with E-state index in [0.29, 0.717) is 19.5 Å². The van der Waals surface area contributed by atoms with Crippen molar-refractivity contribution >= 4 is 0 Å². The predicted molar refractivity (Wildman–Crippen MR) is 71.7 cm³/mol. The molecule has 0 amide bonds. The van der Waals surface area contributed by atoms with Gasteiger partial charge in [0.1, 0.15) is 0 Å². The normalized spacial score (nSPS) is 12.9. The molecule has 1 aromatic rings. The summed E-state index contributed by atoms with van der Waals surface area (Å²) in [5, 5.41) is 9.80. The van der Waals surface area contributed by atoms with E-state index in [2.05, 4.69) is 36.1 Å². The Morgan fingerprint density at radius 2 is 2.00 bits per heavy atom. The third kappa shape index (κ3) is 5.82. The molecule has 1 rings (SSSR count). The Kier molecular flexibility index (Phi) is 6.86. The molecule has 1 aromatic carbocycles. The van der Waals surface area contributed by atoms with Crippen molar-refractivity contribution in [1.29, 1.82) is 0 Å². The molecular weight excluding hydrogens is 212 g/mol. The Hall–Kier alpha value is -0.900. The van der Waals surface area contributed by atoms with Crippen LogP contribution in [0.4, 0.5) is 0 Å². The molecule has 1 unspecified atom stereocenters. The van der Waals surface area contributed by atoms with Crippen LogP contribution in [0, 0.1) is 0 Å². The standard InChI is InChI=1S/C14H24N2O/c1-2-10-16(12-14(17)8-9-15)11-13-6-4-3-5-7-13/h3-7,14,17H,2,8-12,15H2,1H3. The van der Waals surface area contributed by atoms with Gasteiger partial charge in [-0.05, 0) is 31.5 Å². The van der Waals surface area contributed by atoms with E-state index in [0.717, 1.165) is 19.5 Å². The van der Waals surface area contributed by atoms with E-state index in [-0.39, 0.29) is 6.10 Å². The average molecular weight is 236 g/mol. The van der Waals surface area contributed by atoms with Gasteiger partial charge in [0.05, 0.1) is 6.10 Å². The van der Waals surface area contributed by atoms with Crippen molar-refractivity contribution in [3.8, 4) is 0 Å². The maximum Gasteiger partial charge on any atom is 0.0679 e. The van der Waals surface area contributed by atoms with Crippen LogP contribution in [0.15, 0.2) is 30.3 Å². The number of hydrogen-bond acceptors (Lipinski definition) is 3. The molecule has 0 bridgehead atoms. The third-order valence-corrected chi connectivity index (χ3v) is 2.76. The van der Waals surface area contributed by atoms with Crippen molar-refractivity contribution in [1.82, 2.24) is 4.90 Å². The molecule has 3 N–H and O–H groups in total. The van der Waals surface area contributed by atoms with Gasteiger partial charge in [-0.2, -0.15) is 0 Å². The molecule has 0 saturated carbocycles. The summed E-state index contributed by atoms with van der Waals surface area (Å²) in [4.78, 5) is 2.29. The first kappa shape index (κ1) is 14.2. The molecule has 0 aliphatic rings. The van der Waals surface area contributed by atoms with Crippen LogP contribution in [-0.2, 0) is 6.54 Å². The number of rotatable bonds is 8. The molecule has 0 spiro atoms. The van der Waals surface area contributed by atoms with Gasteiger partial charge in [0, 0.05) is 13.1 Å². The second kappa shape index (κ2) is 8.23. The van der Waals surface area contributed by atoms with E-state index in [9.17, 15) is 5.11 Å². The Balaban J connectivity index is 2.48. The number of nitrogens with two attached hydrogens (primary N) is 1. The molecule has 0 saturated heterocycles. The van der Waals surface area contributed by atoms with Gasteiger partial charge in [-0.15, -0.1) is 0 Å². The number of benzene rings is 1. The first-order valence-electron chi connectivity index (χ1n) is 6.40. The molecule has 0 aromatic heterocycles. The van der Waals surface area contributed by atoms with E-state index in [1.54, 1.807) is 0 Å². The summed E-state index contributed by atoms with van der Waals surface area (Å²) >= 11 is 0. The Bertz CT molecular complexity index is 290. The molecule has 0 radical (unpaired) electrons. The van der Waals surface area contributed by atoms with Crippen LogP contribution in [-0.4, -0.2) is 35.7 Å². The van der Waals surface area contributed by atoms with Crippen LogP contribution in [0.2, 0.25) is 0 Å². The number of aliphatic hydroxyl groups is 1. The van der Waals surface area contributed by atoms with E-state index in [1.165, 1.54) is 5.56 Å². The highest BCUT2D eigenvalue weighted by molar-refractivity contribution is 5.14. The highest BCUT2D eigenvalue weighted by Gasteiger charge is 2.10. The minimum atomic E-state index is -0.310. The topological polar surface area (TPSA) is 49.5 Å². The Morgan fingerprint density at radius 1 is 1.29 bits per heavy atom. The second-order valence-corrected chi connectivity index (χ2v) is 4.45. The van der Waals surface area contributed by atoms with Gasteiger partial charge in [-0.25, -0.2) is 0 Å². The molecule has 17 heavy (non-hydrogen) atoms. The quantitative estimate of drug-likeness (QED) is 0.721. The van der Waals surface area contributed by atoms with Crippen LogP contribution in [0.3, 0.4) is 0 Å². The largest absolute Gasteiger partial charge is 0.392 e. The smallest absolute Gasteiger partial charge is 0.0679 e. The lowest BCUT2D eigenvalue weighted by Crippen LogP contribution is -2.33. The summed E-state index contributed by atoms with van der Waals surface area (Å²) in [6, 6.07) is 10.4. The molecule has 1 atom stereocenters. The number of aliphatic hydroxyl groups excluding tert-OH is 1. The van der Waals surface area contributed by atoms with Gasteiger partial charge >= 0.3 is 0 Å². The van der Waals surface area contributed by atoms with Crippen LogP contribution in [0.25, 0.3) is 0 Å². The van der Waals surface area contributed by atoms with Gasteiger partial charge in [0.15, 0.2) is 0 Å². The Morgan fingerprint density at radius 3 is 2.59 bits per heavy atom. The lowest BCUT2D eigenvalue weighted by molar-refractivity contribution is 0.103. The van der Waals surface area contributed by atoms with Crippen molar-refractivity contribution < 1.29 is 5.11 Å². The van der Waals surface area contributed by atoms with Crippen LogP contribution in [0.1, 0.15) is 25.3 Å². The second-order valence-electron chi connectivity index (χ2n) is 4.45. The third-order valence-electron chi connectivity index (χ3n) is 2.76. The zero-order valence-corrected chi connectivity index (χ0v) is 10.7. The first-order valence-corrected chi connectivity index (χ1v) is 6.40. The summed E-state index contributed by atoms with van der Waals surface area (Å²) in [5.74, 6) is 0. The maximum atomic E-state index is 9.80. The number of nitrogens with zero attached hydrogens (tertiary/aromatic N) is 1. The zero-order valence-electron chi connectivity index (χ0n) is 10.7.